The maximum absolute atomic E-state index is 12.6. The van der Waals surface area contributed by atoms with Gasteiger partial charge in [-0.3, -0.25) is 4.79 Å². The number of para-hydroxylation sites is 1. The summed E-state index contributed by atoms with van der Waals surface area (Å²) in [6.45, 7) is 0. The summed E-state index contributed by atoms with van der Waals surface area (Å²) in [5.74, 6) is -0.0105. The van der Waals surface area contributed by atoms with Gasteiger partial charge in [0.2, 0.25) is 0 Å². The van der Waals surface area contributed by atoms with Crippen molar-refractivity contribution in [3.63, 3.8) is 0 Å². The molecule has 4 rings (SSSR count). The van der Waals surface area contributed by atoms with Crippen molar-refractivity contribution in [1.29, 1.82) is 0 Å². The Morgan fingerprint density at radius 3 is 2.41 bits per heavy atom. The van der Waals surface area contributed by atoms with Gasteiger partial charge in [0.1, 0.15) is 11.2 Å². The van der Waals surface area contributed by atoms with Crippen molar-refractivity contribution < 1.29 is 9.21 Å². The monoisotopic (exact) mass is 350 g/mol. The number of carbonyl (C=O) groups excluding carboxylic acids is 1. The van der Waals surface area contributed by atoms with Crippen LogP contribution < -0.4 is 0 Å². The molecule has 4 aromatic rings. The molecule has 0 saturated heterocycles. The highest BCUT2D eigenvalue weighted by molar-refractivity contribution is 9.10. The van der Waals surface area contributed by atoms with Crippen molar-refractivity contribution >= 4 is 43.7 Å². The van der Waals surface area contributed by atoms with E-state index in [2.05, 4.69) is 15.9 Å². The molecule has 1 aromatic heterocycles. The zero-order valence-electron chi connectivity index (χ0n) is 11.5. The Hall–Kier alpha value is -2.39. The van der Waals surface area contributed by atoms with Crippen LogP contribution in [0.4, 0.5) is 0 Å². The Labute approximate surface area is 135 Å². The molecule has 22 heavy (non-hydrogen) atoms. The summed E-state index contributed by atoms with van der Waals surface area (Å²) in [4.78, 5) is 12.6. The Kier molecular flexibility index (Phi) is 3.09. The summed E-state index contributed by atoms with van der Waals surface area (Å²) in [5, 5.41) is 2.10. The summed E-state index contributed by atoms with van der Waals surface area (Å²) < 4.78 is 6.73. The van der Waals surface area contributed by atoms with Gasteiger partial charge in [0.15, 0.2) is 5.78 Å². The van der Waals surface area contributed by atoms with E-state index in [4.69, 9.17) is 4.42 Å². The first-order valence-electron chi connectivity index (χ1n) is 6.94. The third-order valence-electron chi connectivity index (χ3n) is 3.73. The molecule has 1 heterocycles. The number of ketones is 1. The molecule has 0 unspecified atom stereocenters. The molecule has 0 atom stereocenters. The van der Waals surface area contributed by atoms with Gasteiger partial charge < -0.3 is 4.42 Å². The van der Waals surface area contributed by atoms with Crippen LogP contribution >= 0.6 is 15.9 Å². The van der Waals surface area contributed by atoms with Gasteiger partial charge >= 0.3 is 0 Å². The predicted molar refractivity (Wildman–Crippen MR) is 91.3 cm³/mol. The van der Waals surface area contributed by atoms with Crippen LogP contribution in [0.15, 0.2) is 75.6 Å². The number of benzene rings is 3. The van der Waals surface area contributed by atoms with Crippen LogP contribution in [0.2, 0.25) is 0 Å². The molecule has 0 radical (unpaired) electrons. The van der Waals surface area contributed by atoms with Gasteiger partial charge in [-0.25, -0.2) is 0 Å². The van der Waals surface area contributed by atoms with E-state index >= 15 is 0 Å². The summed E-state index contributed by atoms with van der Waals surface area (Å²) in [6.07, 6.45) is 0. The van der Waals surface area contributed by atoms with Crippen LogP contribution in [0.5, 0.6) is 0 Å². The number of furan rings is 1. The normalized spacial score (nSPS) is 11.1. The fourth-order valence-electron chi connectivity index (χ4n) is 2.66. The van der Waals surface area contributed by atoms with E-state index in [-0.39, 0.29) is 5.78 Å². The smallest absolute Gasteiger partial charge is 0.193 e. The van der Waals surface area contributed by atoms with Gasteiger partial charge in [0.25, 0.3) is 0 Å². The lowest BCUT2D eigenvalue weighted by Gasteiger charge is -2.02. The summed E-state index contributed by atoms with van der Waals surface area (Å²) in [5.41, 5.74) is 2.86. The van der Waals surface area contributed by atoms with Crippen LogP contribution in [0.25, 0.3) is 21.9 Å². The van der Waals surface area contributed by atoms with Crippen molar-refractivity contribution in [2.45, 2.75) is 0 Å². The molecule has 3 aromatic carbocycles. The molecule has 3 heteroatoms. The van der Waals surface area contributed by atoms with Crippen molar-refractivity contribution in [2.24, 2.45) is 0 Å². The van der Waals surface area contributed by atoms with Gasteiger partial charge in [-0.1, -0.05) is 52.3 Å². The van der Waals surface area contributed by atoms with E-state index in [9.17, 15) is 4.79 Å². The summed E-state index contributed by atoms with van der Waals surface area (Å²) >= 11 is 3.40. The zero-order valence-corrected chi connectivity index (χ0v) is 13.1. The van der Waals surface area contributed by atoms with Crippen molar-refractivity contribution in [3.05, 3.63) is 82.3 Å². The number of fused-ring (bicyclic) bond motifs is 3. The van der Waals surface area contributed by atoms with Crippen LogP contribution in [0, 0.1) is 0 Å². The van der Waals surface area contributed by atoms with Crippen molar-refractivity contribution in [2.75, 3.05) is 0 Å². The fraction of sp³-hybridized carbons (Fsp3) is 0. The Morgan fingerprint density at radius 1 is 0.773 bits per heavy atom. The van der Waals surface area contributed by atoms with Crippen LogP contribution in [-0.4, -0.2) is 5.78 Å². The largest absolute Gasteiger partial charge is 0.456 e. The van der Waals surface area contributed by atoms with E-state index in [1.807, 2.05) is 66.7 Å². The van der Waals surface area contributed by atoms with Gasteiger partial charge in [-0.15, -0.1) is 0 Å². The van der Waals surface area contributed by atoms with E-state index in [0.717, 1.165) is 26.4 Å². The van der Waals surface area contributed by atoms with E-state index in [0.29, 0.717) is 11.1 Å². The Bertz CT molecular complexity index is 1010. The second-order valence-corrected chi connectivity index (χ2v) is 6.06. The molecule has 0 fully saturated rings. The topological polar surface area (TPSA) is 30.2 Å². The molecule has 0 amide bonds. The van der Waals surface area contributed by atoms with Crippen LogP contribution in [-0.2, 0) is 0 Å². The zero-order chi connectivity index (χ0) is 15.1. The molecule has 0 saturated carbocycles. The first-order valence-corrected chi connectivity index (χ1v) is 7.73. The standard InChI is InChI=1S/C19H11BrO2/c20-14-5-3-4-12(10-14)19(21)13-8-9-16-15-6-1-2-7-17(15)22-18(16)11-13/h1-11H. The molecule has 0 aliphatic carbocycles. The molecule has 0 aliphatic rings. The van der Waals surface area contributed by atoms with Crippen molar-refractivity contribution in [1.82, 2.24) is 0 Å². The predicted octanol–water partition coefficient (Wildman–Crippen LogP) is 5.58. The molecule has 0 N–H and O–H groups in total. The SMILES string of the molecule is O=C(c1cccc(Br)c1)c1ccc2c(c1)oc1ccccc12. The second kappa shape index (κ2) is 5.11. The van der Waals surface area contributed by atoms with Gasteiger partial charge in [0.05, 0.1) is 0 Å². The molecule has 2 nitrogen and oxygen atoms in total. The highest BCUT2D eigenvalue weighted by Gasteiger charge is 2.13. The lowest BCUT2D eigenvalue weighted by atomic mass is 10.0. The highest BCUT2D eigenvalue weighted by Crippen LogP contribution is 2.29. The fourth-order valence-corrected chi connectivity index (χ4v) is 3.06. The number of hydrogen-bond acceptors (Lipinski definition) is 2. The van der Waals surface area contributed by atoms with E-state index in [1.165, 1.54) is 0 Å². The van der Waals surface area contributed by atoms with Gasteiger partial charge in [-0.2, -0.15) is 0 Å². The molecule has 0 spiro atoms. The van der Waals surface area contributed by atoms with E-state index in [1.54, 1.807) is 0 Å². The van der Waals surface area contributed by atoms with E-state index < -0.39 is 0 Å². The minimum atomic E-state index is -0.0105. The molecular weight excluding hydrogens is 340 g/mol. The second-order valence-electron chi connectivity index (χ2n) is 5.15. The lowest BCUT2D eigenvalue weighted by molar-refractivity contribution is 0.103. The third kappa shape index (κ3) is 2.14. The Morgan fingerprint density at radius 2 is 1.55 bits per heavy atom. The highest BCUT2D eigenvalue weighted by atomic mass is 79.9. The van der Waals surface area contributed by atoms with Crippen molar-refractivity contribution in [3.8, 4) is 0 Å². The average Bonchev–Trinajstić information content (AvgIpc) is 2.91. The first-order chi connectivity index (χ1) is 10.7. The molecule has 0 bridgehead atoms. The number of rotatable bonds is 2. The van der Waals surface area contributed by atoms with Gasteiger partial charge in [0, 0.05) is 26.4 Å². The maximum Gasteiger partial charge on any atom is 0.193 e. The minimum Gasteiger partial charge on any atom is -0.456 e. The van der Waals surface area contributed by atoms with Crippen LogP contribution in [0.3, 0.4) is 0 Å². The van der Waals surface area contributed by atoms with Crippen LogP contribution in [0.1, 0.15) is 15.9 Å². The first kappa shape index (κ1) is 13.3. The number of carbonyl (C=O) groups is 1. The summed E-state index contributed by atoms with van der Waals surface area (Å²) in [7, 11) is 0. The molecular formula is C19H11BrO2. The number of halogens is 1. The maximum atomic E-state index is 12.6. The Balaban J connectivity index is 1.85. The molecule has 106 valence electrons. The number of hydrogen-bond donors (Lipinski definition) is 0. The molecule has 0 aliphatic heterocycles. The minimum absolute atomic E-state index is 0.0105. The quantitative estimate of drug-likeness (QED) is 0.441. The third-order valence-corrected chi connectivity index (χ3v) is 4.22. The summed E-state index contributed by atoms with van der Waals surface area (Å²) in [6, 6.07) is 20.9. The van der Waals surface area contributed by atoms with Gasteiger partial charge in [-0.05, 0) is 30.3 Å². The lowest BCUT2D eigenvalue weighted by Crippen LogP contribution is -2.00. The average molecular weight is 351 g/mol.